The molecule has 0 radical (unpaired) electrons. The first-order valence-corrected chi connectivity index (χ1v) is 7.56. The SMILES string of the molecule is C=CCN(CC=C)C(=O)C1CC(=O)N(c2ccccc2OC)C1. The highest BCUT2D eigenvalue weighted by Gasteiger charge is 2.37. The highest BCUT2D eigenvalue weighted by atomic mass is 16.5. The van der Waals surface area contributed by atoms with E-state index in [1.807, 2.05) is 18.2 Å². The van der Waals surface area contributed by atoms with Crippen molar-refractivity contribution >= 4 is 17.5 Å². The molecule has 1 saturated heterocycles. The quantitative estimate of drug-likeness (QED) is 0.725. The summed E-state index contributed by atoms with van der Waals surface area (Å²) in [4.78, 5) is 28.3. The van der Waals surface area contributed by atoms with E-state index in [-0.39, 0.29) is 24.2 Å². The number of rotatable bonds is 7. The third kappa shape index (κ3) is 3.62. The summed E-state index contributed by atoms with van der Waals surface area (Å²) in [6.07, 6.45) is 3.56. The van der Waals surface area contributed by atoms with Gasteiger partial charge >= 0.3 is 0 Å². The second-order valence-corrected chi connectivity index (χ2v) is 5.40. The number of nitrogens with zero attached hydrogens (tertiary/aromatic N) is 2. The van der Waals surface area contributed by atoms with Crippen LogP contribution >= 0.6 is 0 Å². The Bertz CT molecular complexity index is 602. The van der Waals surface area contributed by atoms with Crippen molar-refractivity contribution in [1.29, 1.82) is 0 Å². The van der Waals surface area contributed by atoms with Gasteiger partial charge in [-0.05, 0) is 12.1 Å². The summed E-state index contributed by atoms with van der Waals surface area (Å²) in [7, 11) is 1.57. The molecule has 1 aliphatic rings. The average molecular weight is 314 g/mol. The lowest BCUT2D eigenvalue weighted by atomic mass is 10.1. The molecule has 2 rings (SSSR count). The predicted octanol–water partition coefficient (Wildman–Crippen LogP) is 2.25. The Morgan fingerprint density at radius 3 is 2.61 bits per heavy atom. The predicted molar refractivity (Wildman–Crippen MR) is 90.4 cm³/mol. The molecule has 0 N–H and O–H groups in total. The first-order chi connectivity index (χ1) is 11.1. The van der Waals surface area contributed by atoms with E-state index in [4.69, 9.17) is 4.74 Å². The zero-order valence-electron chi connectivity index (χ0n) is 13.4. The maximum atomic E-state index is 12.6. The molecule has 2 amide bonds. The van der Waals surface area contributed by atoms with Gasteiger partial charge in [-0.25, -0.2) is 0 Å². The van der Waals surface area contributed by atoms with Crippen molar-refractivity contribution in [3.8, 4) is 5.75 Å². The van der Waals surface area contributed by atoms with Crippen LogP contribution in [0.5, 0.6) is 5.75 Å². The molecule has 1 aromatic carbocycles. The van der Waals surface area contributed by atoms with E-state index in [0.29, 0.717) is 31.1 Å². The Kier molecular flexibility index (Phi) is 5.57. The average Bonchev–Trinajstić information content (AvgIpc) is 2.95. The molecule has 0 aromatic heterocycles. The fourth-order valence-corrected chi connectivity index (χ4v) is 2.78. The Hall–Kier alpha value is -2.56. The van der Waals surface area contributed by atoms with Crippen LogP contribution in [-0.2, 0) is 9.59 Å². The van der Waals surface area contributed by atoms with E-state index in [1.54, 1.807) is 35.1 Å². The van der Waals surface area contributed by atoms with E-state index >= 15 is 0 Å². The van der Waals surface area contributed by atoms with Crippen LogP contribution in [0.15, 0.2) is 49.6 Å². The second kappa shape index (κ2) is 7.63. The number of anilines is 1. The van der Waals surface area contributed by atoms with Gasteiger partial charge in [-0.3, -0.25) is 9.59 Å². The standard InChI is InChI=1S/C18H22N2O3/c1-4-10-19(11-5-2)18(22)14-12-17(21)20(13-14)15-8-6-7-9-16(15)23-3/h4-9,14H,1-2,10-13H2,3H3. The Balaban J connectivity index is 2.17. The normalized spacial score (nSPS) is 17.0. The number of ether oxygens (including phenoxy) is 1. The van der Waals surface area contributed by atoms with Crippen molar-refractivity contribution in [2.24, 2.45) is 5.92 Å². The lowest BCUT2D eigenvalue weighted by Gasteiger charge is -2.23. The van der Waals surface area contributed by atoms with Crippen LogP contribution in [0.25, 0.3) is 0 Å². The molecule has 1 unspecified atom stereocenters. The van der Waals surface area contributed by atoms with Gasteiger partial charge in [0, 0.05) is 26.1 Å². The Morgan fingerprint density at radius 1 is 1.35 bits per heavy atom. The summed E-state index contributed by atoms with van der Waals surface area (Å²) in [5, 5.41) is 0. The summed E-state index contributed by atoms with van der Waals surface area (Å²) in [5.41, 5.74) is 0.703. The van der Waals surface area contributed by atoms with Gasteiger partial charge in [-0.15, -0.1) is 13.2 Å². The zero-order chi connectivity index (χ0) is 16.8. The summed E-state index contributed by atoms with van der Waals surface area (Å²) < 4.78 is 5.31. The van der Waals surface area contributed by atoms with Crippen molar-refractivity contribution in [2.45, 2.75) is 6.42 Å². The molecule has 1 atom stereocenters. The van der Waals surface area contributed by atoms with Crippen LogP contribution in [0.2, 0.25) is 0 Å². The number of para-hydroxylation sites is 2. The molecule has 0 saturated carbocycles. The molecule has 5 nitrogen and oxygen atoms in total. The van der Waals surface area contributed by atoms with Crippen molar-refractivity contribution in [3.05, 3.63) is 49.6 Å². The van der Waals surface area contributed by atoms with E-state index in [9.17, 15) is 9.59 Å². The Labute approximate surface area is 136 Å². The summed E-state index contributed by atoms with van der Waals surface area (Å²) >= 11 is 0. The summed E-state index contributed by atoms with van der Waals surface area (Å²) in [5.74, 6) is 0.163. The molecule has 0 bridgehead atoms. The first kappa shape index (κ1) is 16.8. The van der Waals surface area contributed by atoms with Crippen LogP contribution in [0.3, 0.4) is 0 Å². The van der Waals surface area contributed by atoms with Crippen molar-refractivity contribution in [2.75, 3.05) is 31.6 Å². The van der Waals surface area contributed by atoms with Gasteiger partial charge in [-0.1, -0.05) is 24.3 Å². The van der Waals surface area contributed by atoms with E-state index in [1.165, 1.54) is 0 Å². The fraction of sp³-hybridized carbons (Fsp3) is 0.333. The third-order valence-corrected chi connectivity index (χ3v) is 3.86. The first-order valence-electron chi connectivity index (χ1n) is 7.56. The number of amides is 2. The molecule has 1 aliphatic heterocycles. The second-order valence-electron chi connectivity index (χ2n) is 5.40. The minimum atomic E-state index is -0.354. The maximum Gasteiger partial charge on any atom is 0.228 e. The zero-order valence-corrected chi connectivity index (χ0v) is 13.4. The number of benzene rings is 1. The minimum absolute atomic E-state index is 0.0458. The van der Waals surface area contributed by atoms with E-state index < -0.39 is 0 Å². The van der Waals surface area contributed by atoms with E-state index in [0.717, 1.165) is 0 Å². The van der Waals surface area contributed by atoms with Gasteiger partial charge < -0.3 is 14.5 Å². The number of methoxy groups -OCH3 is 1. The molecule has 5 heteroatoms. The molecule has 23 heavy (non-hydrogen) atoms. The van der Waals surface area contributed by atoms with E-state index in [2.05, 4.69) is 13.2 Å². The molecular formula is C18H22N2O3. The number of hydrogen-bond acceptors (Lipinski definition) is 3. The number of carbonyl (C=O) groups excluding carboxylic acids is 2. The summed E-state index contributed by atoms with van der Waals surface area (Å²) in [6, 6.07) is 7.33. The van der Waals surface area contributed by atoms with Gasteiger partial charge in [0.15, 0.2) is 0 Å². The van der Waals surface area contributed by atoms with Gasteiger partial charge in [0.25, 0.3) is 0 Å². The van der Waals surface area contributed by atoms with Gasteiger partial charge in [0.05, 0.1) is 18.7 Å². The molecule has 0 spiro atoms. The van der Waals surface area contributed by atoms with Crippen LogP contribution in [0.1, 0.15) is 6.42 Å². The molecular weight excluding hydrogens is 292 g/mol. The highest BCUT2D eigenvalue weighted by Crippen LogP contribution is 2.33. The summed E-state index contributed by atoms with van der Waals surface area (Å²) in [6.45, 7) is 8.60. The molecule has 1 fully saturated rings. The fourth-order valence-electron chi connectivity index (χ4n) is 2.78. The topological polar surface area (TPSA) is 49.9 Å². The van der Waals surface area contributed by atoms with Crippen LogP contribution in [0.4, 0.5) is 5.69 Å². The van der Waals surface area contributed by atoms with Gasteiger partial charge in [0.1, 0.15) is 5.75 Å². The third-order valence-electron chi connectivity index (χ3n) is 3.86. The van der Waals surface area contributed by atoms with Gasteiger partial charge in [0.2, 0.25) is 11.8 Å². The van der Waals surface area contributed by atoms with Gasteiger partial charge in [-0.2, -0.15) is 0 Å². The monoisotopic (exact) mass is 314 g/mol. The lowest BCUT2D eigenvalue weighted by Crippen LogP contribution is -2.37. The molecule has 1 aromatic rings. The van der Waals surface area contributed by atoms with Crippen LogP contribution < -0.4 is 9.64 Å². The van der Waals surface area contributed by atoms with Crippen molar-refractivity contribution in [1.82, 2.24) is 4.90 Å². The van der Waals surface area contributed by atoms with Crippen molar-refractivity contribution < 1.29 is 14.3 Å². The smallest absolute Gasteiger partial charge is 0.228 e. The molecule has 0 aliphatic carbocycles. The minimum Gasteiger partial charge on any atom is -0.495 e. The largest absolute Gasteiger partial charge is 0.495 e. The van der Waals surface area contributed by atoms with Crippen LogP contribution in [0, 0.1) is 5.92 Å². The Morgan fingerprint density at radius 2 is 2.00 bits per heavy atom. The molecule has 122 valence electrons. The highest BCUT2D eigenvalue weighted by molar-refractivity contribution is 6.01. The number of carbonyl (C=O) groups is 2. The number of hydrogen-bond donors (Lipinski definition) is 0. The van der Waals surface area contributed by atoms with Crippen molar-refractivity contribution in [3.63, 3.8) is 0 Å². The molecule has 1 heterocycles. The van der Waals surface area contributed by atoms with Crippen LogP contribution in [-0.4, -0.2) is 43.5 Å². The lowest BCUT2D eigenvalue weighted by molar-refractivity contribution is -0.134. The maximum absolute atomic E-state index is 12.6.